The Balaban J connectivity index is 2.04. The monoisotopic (exact) mass is 303 g/mol. The molecule has 1 aliphatic rings. The molecule has 0 saturated carbocycles. The molecule has 4 nitrogen and oxygen atoms in total. The predicted octanol–water partition coefficient (Wildman–Crippen LogP) is 2.24. The molecule has 0 aromatic heterocycles. The van der Waals surface area contributed by atoms with Crippen LogP contribution in [-0.2, 0) is 11.3 Å². The Morgan fingerprint density at radius 3 is 2.68 bits per heavy atom. The van der Waals surface area contributed by atoms with Crippen molar-refractivity contribution in [3.63, 3.8) is 0 Å². The van der Waals surface area contributed by atoms with Gasteiger partial charge in [0, 0.05) is 31.7 Å². The third-order valence-electron chi connectivity index (χ3n) is 4.53. The number of hydrogen-bond donors (Lipinski definition) is 1. The molecule has 1 amide bonds. The molecule has 2 rings (SSSR count). The van der Waals surface area contributed by atoms with Gasteiger partial charge in [0.1, 0.15) is 0 Å². The summed E-state index contributed by atoms with van der Waals surface area (Å²) in [6.07, 6.45) is 3.39. The van der Waals surface area contributed by atoms with Crippen LogP contribution in [0.3, 0.4) is 0 Å². The van der Waals surface area contributed by atoms with Crippen molar-refractivity contribution in [3.8, 4) is 0 Å². The van der Waals surface area contributed by atoms with E-state index in [4.69, 9.17) is 5.73 Å². The fourth-order valence-electron chi connectivity index (χ4n) is 3.18. The van der Waals surface area contributed by atoms with E-state index in [0.717, 1.165) is 32.5 Å². The van der Waals surface area contributed by atoms with Gasteiger partial charge in [0.15, 0.2) is 0 Å². The van der Waals surface area contributed by atoms with Gasteiger partial charge >= 0.3 is 0 Å². The van der Waals surface area contributed by atoms with Crippen molar-refractivity contribution < 1.29 is 4.79 Å². The predicted molar refractivity (Wildman–Crippen MR) is 90.4 cm³/mol. The van der Waals surface area contributed by atoms with Crippen LogP contribution >= 0.6 is 0 Å². The number of benzene rings is 1. The van der Waals surface area contributed by atoms with Gasteiger partial charge in [-0.25, -0.2) is 0 Å². The molecule has 1 fully saturated rings. The van der Waals surface area contributed by atoms with Crippen molar-refractivity contribution in [2.75, 3.05) is 19.6 Å². The van der Waals surface area contributed by atoms with Crippen molar-refractivity contribution in [2.45, 2.75) is 51.7 Å². The molecule has 4 heteroatoms. The van der Waals surface area contributed by atoms with E-state index >= 15 is 0 Å². The van der Waals surface area contributed by atoms with Crippen molar-refractivity contribution in [1.29, 1.82) is 0 Å². The van der Waals surface area contributed by atoms with Crippen LogP contribution in [0.25, 0.3) is 0 Å². The molecule has 0 aliphatic carbocycles. The first kappa shape index (κ1) is 17.0. The van der Waals surface area contributed by atoms with Crippen molar-refractivity contribution in [2.24, 2.45) is 5.73 Å². The Morgan fingerprint density at radius 1 is 1.32 bits per heavy atom. The minimum absolute atomic E-state index is 0.0908. The lowest BCUT2D eigenvalue weighted by atomic mass is 10.0. The zero-order valence-electron chi connectivity index (χ0n) is 13.9. The van der Waals surface area contributed by atoms with E-state index in [1.165, 1.54) is 12.0 Å². The molecule has 1 heterocycles. The highest BCUT2D eigenvalue weighted by Gasteiger charge is 2.28. The molecule has 1 saturated heterocycles. The van der Waals surface area contributed by atoms with Gasteiger partial charge in [0.05, 0.1) is 6.54 Å². The summed E-state index contributed by atoms with van der Waals surface area (Å²) < 4.78 is 0. The number of nitrogens with zero attached hydrogens (tertiary/aromatic N) is 2. The summed E-state index contributed by atoms with van der Waals surface area (Å²) in [5.41, 5.74) is 6.90. The highest BCUT2D eigenvalue weighted by atomic mass is 16.2. The molecule has 0 bridgehead atoms. The molecule has 1 atom stereocenters. The van der Waals surface area contributed by atoms with Crippen molar-refractivity contribution in [1.82, 2.24) is 9.80 Å². The van der Waals surface area contributed by atoms with Crippen LogP contribution in [0.4, 0.5) is 0 Å². The number of amides is 1. The van der Waals surface area contributed by atoms with Crippen molar-refractivity contribution >= 4 is 5.91 Å². The molecular weight excluding hydrogens is 274 g/mol. The molecule has 0 spiro atoms. The van der Waals surface area contributed by atoms with Crippen LogP contribution in [0.5, 0.6) is 0 Å². The van der Waals surface area contributed by atoms with Crippen molar-refractivity contribution in [3.05, 3.63) is 35.9 Å². The van der Waals surface area contributed by atoms with Gasteiger partial charge in [0.25, 0.3) is 0 Å². The van der Waals surface area contributed by atoms with E-state index in [1.807, 2.05) is 11.0 Å². The summed E-state index contributed by atoms with van der Waals surface area (Å²) >= 11 is 0. The van der Waals surface area contributed by atoms with Crippen LogP contribution in [0.2, 0.25) is 0 Å². The zero-order valence-corrected chi connectivity index (χ0v) is 13.9. The first-order valence-electron chi connectivity index (χ1n) is 8.39. The van der Waals surface area contributed by atoms with Crippen LogP contribution < -0.4 is 5.73 Å². The zero-order chi connectivity index (χ0) is 15.9. The Kier molecular flexibility index (Phi) is 6.40. The standard InChI is InChI=1S/C18H29N3O/c1-15(2)20(13-16-8-4-3-5-9-16)14-17-10-6-7-11-21(17)18(22)12-19/h3-5,8-9,15,17H,6-7,10-14,19H2,1-2H3/t17-/m0/s1. The summed E-state index contributed by atoms with van der Waals surface area (Å²) in [6.45, 7) is 7.29. The van der Waals surface area contributed by atoms with Gasteiger partial charge < -0.3 is 10.6 Å². The number of likely N-dealkylation sites (tertiary alicyclic amines) is 1. The summed E-state index contributed by atoms with van der Waals surface area (Å²) in [4.78, 5) is 16.5. The maximum atomic E-state index is 12.1. The summed E-state index contributed by atoms with van der Waals surface area (Å²) in [6, 6.07) is 11.3. The first-order valence-corrected chi connectivity index (χ1v) is 8.39. The molecule has 2 N–H and O–H groups in total. The van der Waals surface area contributed by atoms with E-state index in [9.17, 15) is 4.79 Å². The number of carbonyl (C=O) groups excluding carboxylic acids is 1. The first-order chi connectivity index (χ1) is 10.6. The SMILES string of the molecule is CC(C)N(Cc1ccccc1)C[C@@H]1CCCCN1C(=O)CN. The fraction of sp³-hybridized carbons (Fsp3) is 0.611. The average molecular weight is 303 g/mol. The second-order valence-electron chi connectivity index (χ2n) is 6.45. The topological polar surface area (TPSA) is 49.6 Å². The third-order valence-corrected chi connectivity index (χ3v) is 4.53. The maximum absolute atomic E-state index is 12.1. The normalized spacial score (nSPS) is 19.0. The largest absolute Gasteiger partial charge is 0.337 e. The Morgan fingerprint density at radius 2 is 2.05 bits per heavy atom. The van der Waals surface area contributed by atoms with E-state index in [2.05, 4.69) is 43.0 Å². The molecule has 1 aromatic rings. The molecule has 1 aromatic carbocycles. The maximum Gasteiger partial charge on any atom is 0.236 e. The van der Waals surface area contributed by atoms with Gasteiger partial charge in [-0.3, -0.25) is 9.69 Å². The second-order valence-corrected chi connectivity index (χ2v) is 6.45. The molecule has 1 aliphatic heterocycles. The Bertz CT molecular complexity index is 461. The fourth-order valence-corrected chi connectivity index (χ4v) is 3.18. The minimum Gasteiger partial charge on any atom is -0.337 e. The van der Waals surface area contributed by atoms with E-state index in [1.54, 1.807) is 0 Å². The highest BCUT2D eigenvalue weighted by Crippen LogP contribution is 2.20. The van der Waals surface area contributed by atoms with E-state index in [-0.39, 0.29) is 12.5 Å². The highest BCUT2D eigenvalue weighted by molar-refractivity contribution is 5.78. The number of piperidine rings is 1. The van der Waals surface area contributed by atoms with Crippen LogP contribution in [0, 0.1) is 0 Å². The summed E-state index contributed by atoms with van der Waals surface area (Å²) in [7, 11) is 0. The third kappa shape index (κ3) is 4.55. The quantitative estimate of drug-likeness (QED) is 0.877. The lowest BCUT2D eigenvalue weighted by Crippen LogP contribution is -2.52. The van der Waals surface area contributed by atoms with Gasteiger partial charge in [-0.2, -0.15) is 0 Å². The number of hydrogen-bond acceptors (Lipinski definition) is 3. The lowest BCUT2D eigenvalue weighted by Gasteiger charge is -2.40. The molecule has 122 valence electrons. The van der Waals surface area contributed by atoms with E-state index < -0.39 is 0 Å². The molecule has 0 radical (unpaired) electrons. The van der Waals surface area contributed by atoms with Gasteiger partial charge in [-0.05, 0) is 38.7 Å². The Hall–Kier alpha value is -1.39. The molecule has 22 heavy (non-hydrogen) atoms. The summed E-state index contributed by atoms with van der Waals surface area (Å²) in [5.74, 6) is 0.0908. The van der Waals surface area contributed by atoms with Gasteiger partial charge in [-0.1, -0.05) is 30.3 Å². The van der Waals surface area contributed by atoms with E-state index in [0.29, 0.717) is 12.1 Å². The number of rotatable bonds is 6. The molecular formula is C18H29N3O. The minimum atomic E-state index is 0.0908. The smallest absolute Gasteiger partial charge is 0.236 e. The van der Waals surface area contributed by atoms with Gasteiger partial charge in [0.2, 0.25) is 5.91 Å². The van der Waals surface area contributed by atoms with Crippen LogP contribution in [0.1, 0.15) is 38.7 Å². The lowest BCUT2D eigenvalue weighted by molar-refractivity contribution is -0.134. The Labute approximate surface area is 134 Å². The average Bonchev–Trinajstić information content (AvgIpc) is 2.55. The second kappa shape index (κ2) is 8.30. The van der Waals surface area contributed by atoms with Gasteiger partial charge in [-0.15, -0.1) is 0 Å². The summed E-state index contributed by atoms with van der Waals surface area (Å²) in [5, 5.41) is 0. The molecule has 0 unspecified atom stereocenters. The number of nitrogens with two attached hydrogens (primary N) is 1. The number of carbonyl (C=O) groups is 1. The van der Waals surface area contributed by atoms with Crippen LogP contribution in [0.15, 0.2) is 30.3 Å². The van der Waals surface area contributed by atoms with Crippen LogP contribution in [-0.4, -0.2) is 47.4 Å².